The van der Waals surface area contributed by atoms with E-state index >= 15 is 0 Å². The third-order valence-electron chi connectivity index (χ3n) is 2.21. The van der Waals surface area contributed by atoms with Crippen molar-refractivity contribution in [2.75, 3.05) is 6.61 Å². The van der Waals surface area contributed by atoms with Crippen LogP contribution in [-0.4, -0.2) is 46.1 Å². The molecule has 0 radical (unpaired) electrons. The molecule has 6 heteroatoms. The molecule has 0 aromatic rings. The van der Waals surface area contributed by atoms with Gasteiger partial charge < -0.3 is 25.8 Å². The molecule has 1 heterocycles. The molecule has 1 rings (SSSR count). The highest BCUT2D eigenvalue weighted by molar-refractivity contribution is 5.80. The van der Waals surface area contributed by atoms with Gasteiger partial charge in [0.2, 0.25) is 5.91 Å². The number of aliphatic hydroxyl groups excluding tert-OH is 3. The third kappa shape index (κ3) is 1.72. The lowest BCUT2D eigenvalue weighted by atomic mass is 9.90. The molecule has 0 spiro atoms. The number of hydrogen-bond donors (Lipinski definition) is 4. The van der Waals surface area contributed by atoms with Crippen LogP contribution in [0.2, 0.25) is 0 Å². The van der Waals surface area contributed by atoms with E-state index in [0.717, 1.165) is 0 Å². The first-order chi connectivity index (χ1) is 6.49. The predicted molar refractivity (Wildman–Crippen MR) is 45.8 cm³/mol. The molecule has 1 amide bonds. The molecule has 0 bridgehead atoms. The van der Waals surface area contributed by atoms with Gasteiger partial charge in [0.1, 0.15) is 30.0 Å². The van der Waals surface area contributed by atoms with Crippen molar-refractivity contribution in [3.8, 4) is 0 Å². The van der Waals surface area contributed by atoms with Crippen molar-refractivity contribution < 1.29 is 24.9 Å². The number of aliphatic hydroxyl groups is 3. The van der Waals surface area contributed by atoms with Crippen LogP contribution >= 0.6 is 0 Å². The van der Waals surface area contributed by atoms with E-state index in [9.17, 15) is 15.0 Å². The van der Waals surface area contributed by atoms with Gasteiger partial charge in [-0.2, -0.15) is 0 Å². The van der Waals surface area contributed by atoms with Gasteiger partial charge in [-0.05, 0) is 0 Å². The molecule has 0 aromatic carbocycles. The molecule has 5 N–H and O–H groups in total. The normalized spacial score (nSPS) is 37.8. The Labute approximate surface area is 80.6 Å². The lowest BCUT2D eigenvalue weighted by Crippen LogP contribution is -2.53. The molecule has 0 saturated carbocycles. The topological polar surface area (TPSA) is 113 Å². The van der Waals surface area contributed by atoms with Gasteiger partial charge >= 0.3 is 0 Å². The third-order valence-corrected chi connectivity index (χ3v) is 2.21. The van der Waals surface area contributed by atoms with Gasteiger partial charge in [-0.25, -0.2) is 0 Å². The largest absolute Gasteiger partial charge is 0.489 e. The number of carbonyl (C=O) groups is 1. The minimum atomic E-state index is -1.38. The van der Waals surface area contributed by atoms with E-state index in [1.807, 2.05) is 0 Å². The van der Waals surface area contributed by atoms with Gasteiger partial charge in [-0.3, -0.25) is 4.79 Å². The van der Waals surface area contributed by atoms with Crippen molar-refractivity contribution >= 4 is 5.91 Å². The zero-order chi connectivity index (χ0) is 10.9. The maximum Gasteiger partial charge on any atom is 0.230 e. The molecule has 1 saturated heterocycles. The lowest BCUT2D eigenvalue weighted by molar-refractivity contribution is -0.157. The van der Waals surface area contributed by atoms with E-state index in [1.54, 1.807) is 0 Å². The Morgan fingerprint density at radius 2 is 2.07 bits per heavy atom. The highest BCUT2D eigenvalue weighted by Gasteiger charge is 2.43. The summed E-state index contributed by atoms with van der Waals surface area (Å²) in [6, 6.07) is 0. The first-order valence-electron chi connectivity index (χ1n) is 4.10. The Kier molecular flexibility index (Phi) is 3.10. The minimum absolute atomic E-state index is 0.0330. The van der Waals surface area contributed by atoms with Crippen LogP contribution in [0.1, 0.15) is 0 Å². The van der Waals surface area contributed by atoms with Gasteiger partial charge in [0.15, 0.2) is 0 Å². The van der Waals surface area contributed by atoms with E-state index in [1.165, 1.54) is 0 Å². The monoisotopic (exact) mass is 203 g/mol. The summed E-state index contributed by atoms with van der Waals surface area (Å²) in [7, 11) is 0. The second-order valence-electron chi connectivity index (χ2n) is 3.17. The summed E-state index contributed by atoms with van der Waals surface area (Å²) in [6.07, 6.45) is -3.69. The summed E-state index contributed by atoms with van der Waals surface area (Å²) in [6.45, 7) is 2.93. The summed E-state index contributed by atoms with van der Waals surface area (Å²) in [5.41, 5.74) is 4.98. The SMILES string of the molecule is C=C1O[C@H](CO)[C@H](O)[C@H](O)[C@H]1C(N)=O. The molecule has 80 valence electrons. The smallest absolute Gasteiger partial charge is 0.230 e. The number of rotatable bonds is 2. The lowest BCUT2D eigenvalue weighted by Gasteiger charge is -2.37. The zero-order valence-electron chi connectivity index (χ0n) is 7.46. The predicted octanol–water partition coefficient (Wildman–Crippen LogP) is -2.29. The maximum atomic E-state index is 10.9. The van der Waals surface area contributed by atoms with Crippen molar-refractivity contribution in [2.24, 2.45) is 11.7 Å². The standard InChI is InChI=1S/C8H13NO5/c1-3-5(8(9)13)7(12)6(11)4(2-10)14-3/h4-7,10-12H,1-2H2,(H2,9,13)/t4-,5+,6+,7-/m1/s1. The van der Waals surface area contributed by atoms with Crippen LogP contribution in [0.25, 0.3) is 0 Å². The molecule has 1 fully saturated rings. The van der Waals surface area contributed by atoms with Gasteiger partial charge in [0.25, 0.3) is 0 Å². The molecule has 6 nitrogen and oxygen atoms in total. The summed E-state index contributed by atoms with van der Waals surface area (Å²) in [5, 5.41) is 27.6. The summed E-state index contributed by atoms with van der Waals surface area (Å²) < 4.78 is 4.94. The maximum absolute atomic E-state index is 10.9. The fourth-order valence-electron chi connectivity index (χ4n) is 1.42. The fraction of sp³-hybridized carbons (Fsp3) is 0.625. The molecule has 0 aromatic heterocycles. The van der Waals surface area contributed by atoms with Gasteiger partial charge in [0, 0.05) is 0 Å². The van der Waals surface area contributed by atoms with Crippen molar-refractivity contribution in [3.63, 3.8) is 0 Å². The van der Waals surface area contributed by atoms with E-state index < -0.39 is 36.7 Å². The molecule has 14 heavy (non-hydrogen) atoms. The van der Waals surface area contributed by atoms with Crippen LogP contribution in [0, 0.1) is 5.92 Å². The number of hydrogen-bond acceptors (Lipinski definition) is 5. The molecular formula is C8H13NO5. The molecule has 1 aliphatic heterocycles. The van der Waals surface area contributed by atoms with Crippen LogP contribution in [0.4, 0.5) is 0 Å². The highest BCUT2D eigenvalue weighted by Crippen LogP contribution is 2.27. The van der Waals surface area contributed by atoms with Crippen LogP contribution in [-0.2, 0) is 9.53 Å². The number of nitrogens with two attached hydrogens (primary N) is 1. The van der Waals surface area contributed by atoms with E-state index in [-0.39, 0.29) is 5.76 Å². The van der Waals surface area contributed by atoms with E-state index in [4.69, 9.17) is 15.6 Å². The van der Waals surface area contributed by atoms with E-state index in [2.05, 4.69) is 6.58 Å². The number of carbonyl (C=O) groups excluding carboxylic acids is 1. The Morgan fingerprint density at radius 3 is 2.50 bits per heavy atom. The number of amides is 1. The zero-order valence-corrected chi connectivity index (χ0v) is 7.46. The summed E-state index contributed by atoms with van der Waals surface area (Å²) >= 11 is 0. The first-order valence-corrected chi connectivity index (χ1v) is 4.10. The Hall–Kier alpha value is -1.11. The second-order valence-corrected chi connectivity index (χ2v) is 3.17. The van der Waals surface area contributed by atoms with Crippen LogP contribution < -0.4 is 5.73 Å². The number of primary amides is 1. The second kappa shape index (κ2) is 3.95. The van der Waals surface area contributed by atoms with Crippen LogP contribution in [0.3, 0.4) is 0 Å². The Morgan fingerprint density at radius 1 is 1.50 bits per heavy atom. The van der Waals surface area contributed by atoms with Gasteiger partial charge in [0.05, 0.1) is 6.61 Å². The average Bonchev–Trinajstić information content (AvgIpc) is 2.10. The van der Waals surface area contributed by atoms with E-state index in [0.29, 0.717) is 0 Å². The molecule has 4 atom stereocenters. The van der Waals surface area contributed by atoms with Gasteiger partial charge in [-0.15, -0.1) is 0 Å². The van der Waals surface area contributed by atoms with Gasteiger partial charge in [-0.1, -0.05) is 6.58 Å². The first kappa shape index (κ1) is 11.0. The minimum Gasteiger partial charge on any atom is -0.489 e. The summed E-state index contributed by atoms with van der Waals surface area (Å²) in [4.78, 5) is 10.9. The Bertz CT molecular complexity index is 254. The average molecular weight is 203 g/mol. The van der Waals surface area contributed by atoms with Crippen LogP contribution in [0.5, 0.6) is 0 Å². The molecule has 1 aliphatic rings. The fourth-order valence-corrected chi connectivity index (χ4v) is 1.42. The Balaban J connectivity index is 2.84. The molecule has 0 aliphatic carbocycles. The molecule has 0 unspecified atom stereocenters. The quantitative estimate of drug-likeness (QED) is 0.403. The van der Waals surface area contributed by atoms with Crippen molar-refractivity contribution in [2.45, 2.75) is 18.3 Å². The van der Waals surface area contributed by atoms with Crippen LogP contribution in [0.15, 0.2) is 12.3 Å². The molecular weight excluding hydrogens is 190 g/mol. The van der Waals surface area contributed by atoms with Crippen molar-refractivity contribution in [1.29, 1.82) is 0 Å². The van der Waals surface area contributed by atoms with Crippen molar-refractivity contribution in [1.82, 2.24) is 0 Å². The number of ether oxygens (including phenoxy) is 1. The summed E-state index contributed by atoms with van der Waals surface area (Å²) in [5.74, 6) is -1.99. The highest BCUT2D eigenvalue weighted by atomic mass is 16.5. The van der Waals surface area contributed by atoms with Crippen molar-refractivity contribution in [3.05, 3.63) is 12.3 Å².